The van der Waals surface area contributed by atoms with Gasteiger partial charge in [0, 0.05) is 45.1 Å². The SMILES string of the molecule is CCOC(=O)N1CCN(C(=O)CC2(c3cccc(OC)c3)CC(=O)N(C3CCCC3)C2=O)CC1. The van der Waals surface area contributed by atoms with Crippen molar-refractivity contribution in [1.82, 2.24) is 14.7 Å². The number of carbonyl (C=O) groups is 4. The number of likely N-dealkylation sites (tertiary alicyclic amines) is 1. The molecule has 1 atom stereocenters. The molecule has 9 heteroatoms. The summed E-state index contributed by atoms with van der Waals surface area (Å²) in [6, 6.07) is 7.04. The highest BCUT2D eigenvalue weighted by molar-refractivity contribution is 6.11. The first-order valence-electron chi connectivity index (χ1n) is 12.1. The maximum absolute atomic E-state index is 13.9. The minimum absolute atomic E-state index is 0.0238. The van der Waals surface area contributed by atoms with Crippen molar-refractivity contribution in [2.75, 3.05) is 39.9 Å². The molecule has 2 aliphatic heterocycles. The molecule has 0 aromatic heterocycles. The first-order chi connectivity index (χ1) is 16.4. The van der Waals surface area contributed by atoms with E-state index in [4.69, 9.17) is 9.47 Å². The summed E-state index contributed by atoms with van der Waals surface area (Å²) in [6.07, 6.45) is 3.13. The number of carbonyl (C=O) groups excluding carboxylic acids is 4. The molecule has 3 aliphatic rings. The highest BCUT2D eigenvalue weighted by atomic mass is 16.6. The molecular formula is C25H33N3O6. The molecule has 9 nitrogen and oxygen atoms in total. The maximum atomic E-state index is 13.9. The Labute approximate surface area is 200 Å². The fourth-order valence-electron chi connectivity index (χ4n) is 5.40. The van der Waals surface area contributed by atoms with E-state index in [-0.39, 0.29) is 42.7 Å². The molecule has 0 bridgehead atoms. The smallest absolute Gasteiger partial charge is 0.409 e. The van der Waals surface area contributed by atoms with E-state index < -0.39 is 5.41 Å². The average Bonchev–Trinajstić information content (AvgIpc) is 3.46. The highest BCUT2D eigenvalue weighted by Crippen LogP contribution is 2.43. The second-order valence-corrected chi connectivity index (χ2v) is 9.24. The number of methoxy groups -OCH3 is 1. The van der Waals surface area contributed by atoms with Gasteiger partial charge in [0.05, 0.1) is 19.1 Å². The van der Waals surface area contributed by atoms with Gasteiger partial charge in [0.2, 0.25) is 17.7 Å². The Morgan fingerprint density at radius 1 is 1.06 bits per heavy atom. The van der Waals surface area contributed by atoms with Gasteiger partial charge in [-0.3, -0.25) is 19.3 Å². The largest absolute Gasteiger partial charge is 0.497 e. The number of ether oxygens (including phenoxy) is 2. The maximum Gasteiger partial charge on any atom is 0.409 e. The minimum atomic E-state index is -1.25. The Morgan fingerprint density at radius 3 is 2.38 bits per heavy atom. The van der Waals surface area contributed by atoms with Gasteiger partial charge >= 0.3 is 6.09 Å². The van der Waals surface area contributed by atoms with Crippen molar-refractivity contribution in [2.24, 2.45) is 0 Å². The predicted octanol–water partition coefficient (Wildman–Crippen LogP) is 2.33. The van der Waals surface area contributed by atoms with E-state index in [0.717, 1.165) is 25.7 Å². The number of benzene rings is 1. The topological polar surface area (TPSA) is 96.5 Å². The summed E-state index contributed by atoms with van der Waals surface area (Å²) in [4.78, 5) is 57.1. The molecule has 1 aromatic rings. The number of amides is 4. The van der Waals surface area contributed by atoms with Gasteiger partial charge in [-0.25, -0.2) is 4.79 Å². The van der Waals surface area contributed by atoms with Gasteiger partial charge in [0.25, 0.3) is 0 Å². The van der Waals surface area contributed by atoms with Crippen LogP contribution in [0.5, 0.6) is 5.75 Å². The van der Waals surface area contributed by atoms with Gasteiger partial charge in [0.1, 0.15) is 5.75 Å². The molecule has 184 valence electrons. The minimum Gasteiger partial charge on any atom is -0.497 e. The first kappa shape index (κ1) is 24.0. The quantitative estimate of drug-likeness (QED) is 0.591. The zero-order valence-electron chi connectivity index (χ0n) is 20.0. The Bertz CT molecular complexity index is 952. The van der Waals surface area contributed by atoms with Gasteiger partial charge in [-0.1, -0.05) is 25.0 Å². The molecular weight excluding hydrogens is 438 g/mol. The van der Waals surface area contributed by atoms with Crippen LogP contribution in [0.1, 0.15) is 51.0 Å². The van der Waals surface area contributed by atoms with Crippen molar-refractivity contribution in [3.05, 3.63) is 29.8 Å². The zero-order valence-corrected chi connectivity index (χ0v) is 20.0. The lowest BCUT2D eigenvalue weighted by atomic mass is 9.75. The molecule has 1 unspecified atom stereocenters. The summed E-state index contributed by atoms with van der Waals surface area (Å²) in [5.41, 5.74) is -0.618. The van der Waals surface area contributed by atoms with E-state index in [2.05, 4.69) is 0 Å². The van der Waals surface area contributed by atoms with Crippen LogP contribution in [0.25, 0.3) is 0 Å². The van der Waals surface area contributed by atoms with Crippen LogP contribution in [0, 0.1) is 0 Å². The number of hydrogen-bond acceptors (Lipinski definition) is 6. The lowest BCUT2D eigenvalue weighted by Gasteiger charge is -2.36. The van der Waals surface area contributed by atoms with Crippen LogP contribution < -0.4 is 4.74 Å². The monoisotopic (exact) mass is 471 g/mol. The van der Waals surface area contributed by atoms with Crippen molar-refractivity contribution in [3.8, 4) is 5.75 Å². The lowest BCUT2D eigenvalue weighted by Crippen LogP contribution is -2.52. The van der Waals surface area contributed by atoms with E-state index >= 15 is 0 Å². The molecule has 4 amide bonds. The van der Waals surface area contributed by atoms with Crippen LogP contribution in [0.4, 0.5) is 4.79 Å². The van der Waals surface area contributed by atoms with Gasteiger partial charge in [-0.05, 0) is 37.5 Å². The second-order valence-electron chi connectivity index (χ2n) is 9.24. The summed E-state index contributed by atoms with van der Waals surface area (Å²) in [7, 11) is 1.55. The van der Waals surface area contributed by atoms with Crippen LogP contribution in [-0.4, -0.2) is 84.5 Å². The van der Waals surface area contributed by atoms with Crippen molar-refractivity contribution >= 4 is 23.8 Å². The Balaban J connectivity index is 1.57. The average molecular weight is 472 g/mol. The molecule has 34 heavy (non-hydrogen) atoms. The molecule has 4 rings (SSSR count). The molecule has 0 N–H and O–H groups in total. The molecule has 0 radical (unpaired) electrons. The molecule has 2 saturated heterocycles. The summed E-state index contributed by atoms with van der Waals surface area (Å²) in [5, 5.41) is 0. The van der Waals surface area contributed by atoms with Crippen molar-refractivity contribution < 1.29 is 28.7 Å². The van der Waals surface area contributed by atoms with E-state index in [1.165, 1.54) is 4.90 Å². The highest BCUT2D eigenvalue weighted by Gasteiger charge is 2.56. The van der Waals surface area contributed by atoms with Crippen LogP contribution >= 0.6 is 0 Å². The third-order valence-electron chi connectivity index (χ3n) is 7.27. The van der Waals surface area contributed by atoms with Gasteiger partial charge in [-0.2, -0.15) is 0 Å². The Hall–Kier alpha value is -3.10. The lowest BCUT2D eigenvalue weighted by molar-refractivity contribution is -0.145. The van der Waals surface area contributed by atoms with Crippen molar-refractivity contribution in [1.29, 1.82) is 0 Å². The van der Waals surface area contributed by atoms with E-state index in [1.807, 2.05) is 0 Å². The second kappa shape index (κ2) is 10.0. The third-order valence-corrected chi connectivity index (χ3v) is 7.27. The predicted molar refractivity (Wildman–Crippen MR) is 123 cm³/mol. The van der Waals surface area contributed by atoms with Gasteiger partial charge in [0.15, 0.2) is 0 Å². The number of imide groups is 1. The molecule has 1 aliphatic carbocycles. The van der Waals surface area contributed by atoms with Crippen LogP contribution in [0.2, 0.25) is 0 Å². The fraction of sp³-hybridized carbons (Fsp3) is 0.600. The summed E-state index contributed by atoms with van der Waals surface area (Å²) >= 11 is 0. The number of hydrogen-bond donors (Lipinski definition) is 0. The fourth-order valence-corrected chi connectivity index (χ4v) is 5.40. The van der Waals surface area contributed by atoms with Crippen LogP contribution in [0.3, 0.4) is 0 Å². The molecule has 1 saturated carbocycles. The summed E-state index contributed by atoms with van der Waals surface area (Å²) in [6.45, 7) is 3.52. The summed E-state index contributed by atoms with van der Waals surface area (Å²) in [5.74, 6) is -0.108. The molecule has 1 aromatic carbocycles. The van der Waals surface area contributed by atoms with Crippen molar-refractivity contribution in [2.45, 2.75) is 56.9 Å². The molecule has 2 heterocycles. The standard InChI is InChI=1S/C25H33N3O6/c1-3-34-24(32)27-13-11-26(12-14-27)21(29)16-25(18-7-6-10-20(15-18)33-2)17-22(30)28(23(25)31)19-8-4-5-9-19/h6-7,10,15,19H,3-5,8-9,11-14,16-17H2,1-2H3. The molecule has 0 spiro atoms. The van der Waals surface area contributed by atoms with Crippen LogP contribution in [0.15, 0.2) is 24.3 Å². The van der Waals surface area contributed by atoms with E-state index in [1.54, 1.807) is 48.1 Å². The number of rotatable bonds is 6. The van der Waals surface area contributed by atoms with E-state index in [9.17, 15) is 19.2 Å². The number of nitrogens with zero attached hydrogens (tertiary/aromatic N) is 3. The van der Waals surface area contributed by atoms with Gasteiger partial charge in [-0.15, -0.1) is 0 Å². The van der Waals surface area contributed by atoms with Crippen molar-refractivity contribution in [3.63, 3.8) is 0 Å². The third kappa shape index (κ3) is 4.48. The zero-order chi connectivity index (χ0) is 24.3. The Morgan fingerprint density at radius 2 is 1.74 bits per heavy atom. The van der Waals surface area contributed by atoms with Crippen LogP contribution in [-0.2, 0) is 24.5 Å². The van der Waals surface area contributed by atoms with Gasteiger partial charge < -0.3 is 19.3 Å². The van der Waals surface area contributed by atoms with E-state index in [0.29, 0.717) is 44.1 Å². The normalized spacial score (nSPS) is 23.5. The molecule has 3 fully saturated rings. The Kier molecular flexibility index (Phi) is 7.09. The first-order valence-corrected chi connectivity index (χ1v) is 12.1. The number of piperazine rings is 1. The summed E-state index contributed by atoms with van der Waals surface area (Å²) < 4.78 is 10.4.